The smallest absolute Gasteiger partial charge is 0.110 e. The minimum absolute atomic E-state index is 0.472. The van der Waals surface area contributed by atoms with Crippen LogP contribution in [0.25, 0.3) is 0 Å². The first-order valence-corrected chi connectivity index (χ1v) is 2.58. The third kappa shape index (κ3) is 2.91. The van der Waals surface area contributed by atoms with E-state index in [0.717, 1.165) is 0 Å². The van der Waals surface area contributed by atoms with E-state index in [9.17, 15) is 0 Å². The molecule has 0 rings (SSSR count). The van der Waals surface area contributed by atoms with Crippen LogP contribution in [0.3, 0.4) is 0 Å². The molecule has 0 aromatic rings. The van der Waals surface area contributed by atoms with Gasteiger partial charge in [0.25, 0.3) is 0 Å². The molecule has 0 heterocycles. The van der Waals surface area contributed by atoms with Crippen molar-refractivity contribution in [3.05, 3.63) is 0 Å². The van der Waals surface area contributed by atoms with E-state index in [4.69, 9.17) is 5.73 Å². The highest BCUT2D eigenvalue weighted by Gasteiger charge is 2.12. The summed E-state index contributed by atoms with van der Waals surface area (Å²) < 4.78 is 0. The molecule has 0 aromatic carbocycles. The van der Waals surface area contributed by atoms with E-state index in [1.165, 1.54) is 0 Å². The average molecular weight is 120 g/mol. The topological polar surface area (TPSA) is 29.3 Å². The van der Waals surface area contributed by atoms with E-state index < -0.39 is 4.99 Å². The van der Waals surface area contributed by atoms with Crippen LogP contribution in [0.1, 0.15) is 6.92 Å². The van der Waals surface area contributed by atoms with Crippen molar-refractivity contribution < 1.29 is 0 Å². The summed E-state index contributed by atoms with van der Waals surface area (Å²) in [5.41, 5.74) is 5.47. The number of nitrogens with two attached hydrogens (primary N) is 1. The van der Waals surface area contributed by atoms with Crippen molar-refractivity contribution >= 4 is 12.6 Å². The average Bonchev–Trinajstić information content (AvgIpc) is 1.31. The van der Waals surface area contributed by atoms with Crippen molar-refractivity contribution in [2.24, 2.45) is 5.73 Å². The van der Waals surface area contributed by atoms with Crippen molar-refractivity contribution in [3.8, 4) is 0 Å². The summed E-state index contributed by atoms with van der Waals surface area (Å²) in [7, 11) is 3.76. The van der Waals surface area contributed by atoms with E-state index in [0.29, 0.717) is 0 Å². The molecule has 0 radical (unpaired) electrons. The number of rotatable bonds is 1. The molecule has 0 bridgehead atoms. The van der Waals surface area contributed by atoms with E-state index in [1.54, 1.807) is 0 Å². The van der Waals surface area contributed by atoms with Gasteiger partial charge in [0.2, 0.25) is 0 Å². The van der Waals surface area contributed by atoms with Gasteiger partial charge in [-0.25, -0.2) is 0 Å². The summed E-state index contributed by atoms with van der Waals surface area (Å²) in [5.74, 6) is 0. The van der Waals surface area contributed by atoms with Gasteiger partial charge in [-0.05, 0) is 21.0 Å². The van der Waals surface area contributed by atoms with E-state index >= 15 is 0 Å². The molecule has 0 aliphatic carbocycles. The Balaban J connectivity index is 3.54. The summed E-state index contributed by atoms with van der Waals surface area (Å²) >= 11 is 4.05. The van der Waals surface area contributed by atoms with Crippen molar-refractivity contribution in [2.75, 3.05) is 14.1 Å². The van der Waals surface area contributed by atoms with Crippen molar-refractivity contribution in [2.45, 2.75) is 11.9 Å². The van der Waals surface area contributed by atoms with Crippen LogP contribution < -0.4 is 5.73 Å². The fraction of sp³-hybridized carbons (Fsp3) is 1.00. The molecule has 3 heteroatoms. The molecular weight excluding hydrogens is 108 g/mol. The first-order valence-electron chi connectivity index (χ1n) is 2.13. The Kier molecular flexibility index (Phi) is 2.10. The summed E-state index contributed by atoms with van der Waals surface area (Å²) in [6.45, 7) is 1.83. The zero-order valence-electron chi connectivity index (χ0n) is 4.97. The Morgan fingerprint density at radius 2 is 1.71 bits per heavy atom. The number of thiol groups is 1. The quantitative estimate of drug-likeness (QED) is 0.380. The standard InChI is InChI=1S/C4H12N2S/c1-4(5,7)6(2)3/h7H,5H2,1-3H3. The van der Waals surface area contributed by atoms with Gasteiger partial charge in [0.1, 0.15) is 4.99 Å². The van der Waals surface area contributed by atoms with E-state index in [2.05, 4.69) is 12.6 Å². The second-order valence-corrected chi connectivity index (χ2v) is 2.89. The molecule has 1 unspecified atom stereocenters. The van der Waals surface area contributed by atoms with Crippen LogP contribution >= 0.6 is 12.6 Å². The van der Waals surface area contributed by atoms with Crippen LogP contribution in [-0.2, 0) is 0 Å². The van der Waals surface area contributed by atoms with Gasteiger partial charge in [0, 0.05) is 0 Å². The predicted octanol–water partition coefficient (Wildman–Crippen LogP) is 0.110. The van der Waals surface area contributed by atoms with Crippen LogP contribution in [0.15, 0.2) is 0 Å². The molecular formula is C4H12N2S. The highest BCUT2D eigenvalue weighted by Crippen LogP contribution is 2.05. The third-order valence-electron chi connectivity index (χ3n) is 0.905. The molecule has 1 atom stereocenters. The van der Waals surface area contributed by atoms with Crippen LogP contribution in [0.2, 0.25) is 0 Å². The Labute approximate surface area is 50.1 Å². The monoisotopic (exact) mass is 120 g/mol. The summed E-state index contributed by atoms with van der Waals surface area (Å²) in [6, 6.07) is 0. The van der Waals surface area contributed by atoms with Gasteiger partial charge in [-0.15, -0.1) is 12.6 Å². The normalized spacial score (nSPS) is 19.7. The number of hydrogen-bond donors (Lipinski definition) is 2. The predicted molar refractivity (Wildman–Crippen MR) is 35.3 cm³/mol. The second kappa shape index (κ2) is 2.03. The zero-order chi connectivity index (χ0) is 6.08. The van der Waals surface area contributed by atoms with Crippen LogP contribution in [-0.4, -0.2) is 24.0 Å². The lowest BCUT2D eigenvalue weighted by molar-refractivity contribution is 0.288. The molecule has 44 valence electrons. The van der Waals surface area contributed by atoms with Crippen molar-refractivity contribution in [1.29, 1.82) is 0 Å². The van der Waals surface area contributed by atoms with Gasteiger partial charge < -0.3 is 5.73 Å². The lowest BCUT2D eigenvalue weighted by Gasteiger charge is -2.25. The van der Waals surface area contributed by atoms with E-state index in [-0.39, 0.29) is 0 Å². The molecule has 2 nitrogen and oxygen atoms in total. The van der Waals surface area contributed by atoms with Crippen LogP contribution in [0.4, 0.5) is 0 Å². The van der Waals surface area contributed by atoms with Crippen LogP contribution in [0, 0.1) is 0 Å². The molecule has 0 aromatic heterocycles. The van der Waals surface area contributed by atoms with Gasteiger partial charge >= 0.3 is 0 Å². The maximum Gasteiger partial charge on any atom is 0.110 e. The molecule has 0 saturated heterocycles. The lowest BCUT2D eigenvalue weighted by atomic mass is 10.5. The first-order chi connectivity index (χ1) is 2.94. The maximum atomic E-state index is 5.47. The lowest BCUT2D eigenvalue weighted by Crippen LogP contribution is -2.44. The van der Waals surface area contributed by atoms with Gasteiger partial charge in [0.15, 0.2) is 0 Å². The van der Waals surface area contributed by atoms with Gasteiger partial charge in [-0.2, -0.15) is 0 Å². The molecule has 2 N–H and O–H groups in total. The Morgan fingerprint density at radius 3 is 1.71 bits per heavy atom. The summed E-state index contributed by atoms with van der Waals surface area (Å²) in [6.07, 6.45) is 0. The van der Waals surface area contributed by atoms with E-state index in [1.807, 2.05) is 25.9 Å². The summed E-state index contributed by atoms with van der Waals surface area (Å²) in [5, 5.41) is 0. The molecule has 7 heavy (non-hydrogen) atoms. The maximum absolute atomic E-state index is 5.47. The highest BCUT2D eigenvalue weighted by atomic mass is 32.1. The first kappa shape index (κ1) is 7.27. The molecule has 0 spiro atoms. The number of nitrogens with zero attached hydrogens (tertiary/aromatic N) is 1. The largest absolute Gasteiger partial charge is 0.305 e. The third-order valence-corrected chi connectivity index (χ3v) is 1.31. The van der Waals surface area contributed by atoms with Crippen molar-refractivity contribution in [1.82, 2.24) is 4.90 Å². The van der Waals surface area contributed by atoms with Gasteiger partial charge in [-0.1, -0.05) is 0 Å². The second-order valence-electron chi connectivity index (χ2n) is 1.99. The zero-order valence-corrected chi connectivity index (χ0v) is 5.87. The van der Waals surface area contributed by atoms with Gasteiger partial charge in [0.05, 0.1) is 0 Å². The minimum atomic E-state index is -0.472. The van der Waals surface area contributed by atoms with Gasteiger partial charge in [-0.3, -0.25) is 4.90 Å². The fourth-order valence-corrected chi connectivity index (χ4v) is 0. The Hall–Kier alpha value is 0.270. The molecule has 0 saturated carbocycles. The van der Waals surface area contributed by atoms with Crippen LogP contribution in [0.5, 0.6) is 0 Å². The molecule has 0 amide bonds. The molecule has 0 aliphatic rings. The summed E-state index contributed by atoms with van der Waals surface area (Å²) in [4.78, 5) is 1.36. The SMILES string of the molecule is CN(C)C(C)(N)S. The number of hydrogen-bond acceptors (Lipinski definition) is 3. The highest BCUT2D eigenvalue weighted by molar-refractivity contribution is 7.81. The Bertz CT molecular complexity index is 55.2. The molecule has 0 fully saturated rings. The minimum Gasteiger partial charge on any atom is -0.305 e. The Morgan fingerprint density at radius 1 is 1.57 bits per heavy atom. The van der Waals surface area contributed by atoms with Crippen molar-refractivity contribution in [3.63, 3.8) is 0 Å². The fourth-order valence-electron chi connectivity index (χ4n) is 0. The molecule has 0 aliphatic heterocycles.